The first kappa shape index (κ1) is 9.65. The lowest BCUT2D eigenvalue weighted by molar-refractivity contribution is 0.275. The summed E-state index contributed by atoms with van der Waals surface area (Å²) in [6, 6.07) is 0. The van der Waals surface area contributed by atoms with Crippen LogP contribution in [-0.4, -0.2) is 21.2 Å². The Kier molecular flexibility index (Phi) is 4.31. The first-order valence-electron chi connectivity index (χ1n) is 2.67. The van der Waals surface area contributed by atoms with E-state index in [1.165, 1.54) is 6.42 Å². The van der Waals surface area contributed by atoms with Crippen molar-refractivity contribution in [3.63, 3.8) is 0 Å². The van der Waals surface area contributed by atoms with E-state index in [2.05, 4.69) is 11.4 Å². The molecule has 0 bridgehead atoms. The molecule has 0 spiro atoms. The third-order valence-corrected chi connectivity index (χ3v) is 0.691. The predicted octanol–water partition coefficient (Wildman–Crippen LogP) is -0.435. The standard InChI is InChI=1S/C4H7N.H3O4P/c1-2-4-5-3-1;1-5(2,3)4/h1,3,5H,2,4H2;(H3,1,2,3,4). The van der Waals surface area contributed by atoms with Crippen molar-refractivity contribution in [3.8, 4) is 0 Å². The van der Waals surface area contributed by atoms with Crippen LogP contribution in [0.15, 0.2) is 12.3 Å². The van der Waals surface area contributed by atoms with E-state index in [0.29, 0.717) is 0 Å². The maximum atomic E-state index is 8.88. The molecule has 60 valence electrons. The SMILES string of the molecule is C1=CNCC1.O=P(O)(O)O. The number of phosphoric acid groups is 1. The summed E-state index contributed by atoms with van der Waals surface area (Å²) < 4.78 is 8.88. The topological polar surface area (TPSA) is 89.8 Å². The maximum Gasteiger partial charge on any atom is 0.466 e. The van der Waals surface area contributed by atoms with Crippen molar-refractivity contribution >= 4 is 7.82 Å². The first-order chi connectivity index (χ1) is 4.50. The van der Waals surface area contributed by atoms with Crippen LogP contribution in [0.2, 0.25) is 0 Å². The fourth-order valence-corrected chi connectivity index (χ4v) is 0.417. The molecule has 1 heterocycles. The van der Waals surface area contributed by atoms with Gasteiger partial charge in [0.05, 0.1) is 0 Å². The summed E-state index contributed by atoms with van der Waals surface area (Å²) in [5, 5.41) is 3.04. The monoisotopic (exact) mass is 167 g/mol. The zero-order valence-electron chi connectivity index (χ0n) is 5.27. The Morgan fingerprint density at radius 2 is 1.90 bits per heavy atom. The second-order valence-electron chi connectivity index (χ2n) is 1.66. The van der Waals surface area contributed by atoms with Gasteiger partial charge in [-0.3, -0.25) is 0 Å². The zero-order valence-corrected chi connectivity index (χ0v) is 6.16. The van der Waals surface area contributed by atoms with Crippen LogP contribution >= 0.6 is 7.82 Å². The van der Waals surface area contributed by atoms with E-state index in [4.69, 9.17) is 19.2 Å². The lowest BCUT2D eigenvalue weighted by Gasteiger charge is -1.82. The molecular formula is C4H10NO4P. The van der Waals surface area contributed by atoms with Crippen LogP contribution in [0.4, 0.5) is 0 Å². The molecule has 10 heavy (non-hydrogen) atoms. The van der Waals surface area contributed by atoms with Gasteiger partial charge in [0.2, 0.25) is 0 Å². The molecule has 1 rings (SSSR count). The third kappa shape index (κ3) is 15.6. The highest BCUT2D eigenvalue weighted by molar-refractivity contribution is 7.45. The van der Waals surface area contributed by atoms with E-state index < -0.39 is 7.82 Å². The van der Waals surface area contributed by atoms with E-state index in [0.717, 1.165) is 6.54 Å². The average Bonchev–Trinajstić information content (AvgIpc) is 2.07. The molecule has 0 unspecified atom stereocenters. The van der Waals surface area contributed by atoms with Crippen LogP contribution in [0, 0.1) is 0 Å². The summed E-state index contributed by atoms with van der Waals surface area (Å²) in [4.78, 5) is 21.6. The highest BCUT2D eigenvalue weighted by Gasteiger charge is 2.00. The Hall–Kier alpha value is -0.350. The van der Waals surface area contributed by atoms with Gasteiger partial charge in [-0.25, -0.2) is 4.57 Å². The fraction of sp³-hybridized carbons (Fsp3) is 0.500. The zero-order chi connectivity index (χ0) is 8.04. The molecule has 0 saturated carbocycles. The molecule has 1 aliphatic rings. The van der Waals surface area contributed by atoms with Gasteiger partial charge in [0.15, 0.2) is 0 Å². The summed E-state index contributed by atoms with van der Waals surface area (Å²) in [6.07, 6.45) is 5.32. The lowest BCUT2D eigenvalue weighted by atomic mass is 10.5. The van der Waals surface area contributed by atoms with Crippen LogP contribution in [0.1, 0.15) is 6.42 Å². The van der Waals surface area contributed by atoms with Crippen molar-refractivity contribution in [2.45, 2.75) is 6.42 Å². The molecule has 0 aromatic rings. The third-order valence-electron chi connectivity index (χ3n) is 0.691. The summed E-state index contributed by atoms with van der Waals surface area (Å²) in [6.45, 7) is 1.14. The molecule has 0 aliphatic carbocycles. The van der Waals surface area contributed by atoms with Gasteiger partial charge in [-0.15, -0.1) is 0 Å². The summed E-state index contributed by atoms with van der Waals surface area (Å²) in [5.74, 6) is 0. The van der Waals surface area contributed by atoms with E-state index >= 15 is 0 Å². The molecule has 0 atom stereocenters. The van der Waals surface area contributed by atoms with Gasteiger partial charge in [0, 0.05) is 6.54 Å². The number of nitrogens with one attached hydrogen (secondary N) is 1. The molecule has 0 radical (unpaired) electrons. The molecule has 0 amide bonds. The van der Waals surface area contributed by atoms with Gasteiger partial charge in [0.25, 0.3) is 0 Å². The van der Waals surface area contributed by atoms with Gasteiger partial charge < -0.3 is 20.0 Å². The van der Waals surface area contributed by atoms with Crippen molar-refractivity contribution in [2.75, 3.05) is 6.54 Å². The molecule has 0 saturated heterocycles. The van der Waals surface area contributed by atoms with Crippen LogP contribution in [0.5, 0.6) is 0 Å². The summed E-state index contributed by atoms with van der Waals surface area (Å²) >= 11 is 0. The molecular weight excluding hydrogens is 157 g/mol. The van der Waals surface area contributed by atoms with Crippen LogP contribution in [-0.2, 0) is 4.57 Å². The van der Waals surface area contributed by atoms with E-state index in [9.17, 15) is 0 Å². The minimum atomic E-state index is -4.64. The second-order valence-corrected chi connectivity index (χ2v) is 2.68. The Morgan fingerprint density at radius 3 is 2.00 bits per heavy atom. The Morgan fingerprint density at radius 1 is 1.40 bits per heavy atom. The minimum absolute atomic E-state index is 1.14. The average molecular weight is 167 g/mol. The Balaban J connectivity index is 0.000000162. The molecule has 6 heteroatoms. The Bertz CT molecular complexity index is 137. The quantitative estimate of drug-likeness (QED) is 0.367. The first-order valence-corrected chi connectivity index (χ1v) is 4.23. The predicted molar refractivity (Wildman–Crippen MR) is 36.0 cm³/mol. The lowest BCUT2D eigenvalue weighted by Crippen LogP contribution is -1.96. The highest BCUT2D eigenvalue weighted by atomic mass is 31.2. The van der Waals surface area contributed by atoms with Crippen LogP contribution in [0.25, 0.3) is 0 Å². The van der Waals surface area contributed by atoms with Crippen LogP contribution < -0.4 is 5.32 Å². The highest BCUT2D eigenvalue weighted by Crippen LogP contribution is 2.25. The second kappa shape index (κ2) is 4.46. The van der Waals surface area contributed by atoms with Crippen molar-refractivity contribution in [2.24, 2.45) is 0 Å². The van der Waals surface area contributed by atoms with Gasteiger partial charge in [-0.1, -0.05) is 6.08 Å². The summed E-state index contributed by atoms with van der Waals surface area (Å²) in [7, 11) is -4.64. The van der Waals surface area contributed by atoms with E-state index in [1.54, 1.807) is 0 Å². The van der Waals surface area contributed by atoms with Gasteiger partial charge in [-0.2, -0.15) is 0 Å². The van der Waals surface area contributed by atoms with Gasteiger partial charge in [0.1, 0.15) is 0 Å². The van der Waals surface area contributed by atoms with Gasteiger partial charge >= 0.3 is 7.82 Å². The molecule has 4 N–H and O–H groups in total. The van der Waals surface area contributed by atoms with Crippen molar-refractivity contribution in [1.29, 1.82) is 0 Å². The fourth-order valence-electron chi connectivity index (χ4n) is 0.417. The molecule has 5 nitrogen and oxygen atoms in total. The molecule has 0 aromatic heterocycles. The van der Waals surface area contributed by atoms with E-state index in [1.807, 2.05) is 6.20 Å². The van der Waals surface area contributed by atoms with Crippen molar-refractivity contribution < 1.29 is 19.2 Å². The normalized spacial score (nSPS) is 15.5. The largest absolute Gasteiger partial charge is 0.466 e. The maximum absolute atomic E-state index is 8.88. The number of rotatable bonds is 0. The number of hydrogen-bond acceptors (Lipinski definition) is 2. The Labute approximate surface area is 58.6 Å². The summed E-state index contributed by atoms with van der Waals surface area (Å²) in [5.41, 5.74) is 0. The van der Waals surface area contributed by atoms with Crippen molar-refractivity contribution in [1.82, 2.24) is 5.32 Å². The molecule has 0 fully saturated rings. The smallest absolute Gasteiger partial charge is 0.391 e. The molecule has 0 aromatic carbocycles. The molecule has 1 aliphatic heterocycles. The minimum Gasteiger partial charge on any atom is -0.391 e. The van der Waals surface area contributed by atoms with Crippen molar-refractivity contribution in [3.05, 3.63) is 12.3 Å². The van der Waals surface area contributed by atoms with Crippen LogP contribution in [0.3, 0.4) is 0 Å². The van der Waals surface area contributed by atoms with Gasteiger partial charge in [-0.05, 0) is 12.6 Å². The number of hydrogen-bond donors (Lipinski definition) is 4. The van der Waals surface area contributed by atoms with E-state index in [-0.39, 0.29) is 0 Å².